The van der Waals surface area contributed by atoms with Crippen LogP contribution in [-0.2, 0) is 15.3 Å². The van der Waals surface area contributed by atoms with Crippen LogP contribution < -0.4 is 5.32 Å². The molecule has 2 N–H and O–H groups in total. The Morgan fingerprint density at radius 2 is 1.74 bits per heavy atom. The summed E-state index contributed by atoms with van der Waals surface area (Å²) in [6.45, 7) is 1.31. The minimum atomic E-state index is -1.23. The van der Waals surface area contributed by atoms with Gasteiger partial charge in [-0.1, -0.05) is 12.1 Å². The molecule has 1 atom stereocenters. The van der Waals surface area contributed by atoms with E-state index in [1.807, 2.05) is 0 Å². The fourth-order valence-corrected chi connectivity index (χ4v) is 4.51. The van der Waals surface area contributed by atoms with Gasteiger partial charge in [0, 0.05) is 31.2 Å². The van der Waals surface area contributed by atoms with Crippen LogP contribution in [0.2, 0.25) is 0 Å². The molecule has 1 aromatic carbocycles. The van der Waals surface area contributed by atoms with Crippen LogP contribution in [0, 0.1) is 5.82 Å². The summed E-state index contributed by atoms with van der Waals surface area (Å²) in [5.74, 6) is -2.51. The molecule has 10 heteroatoms. The third kappa shape index (κ3) is 7.38. The number of carboxylic acids is 1. The molecule has 180 valence electrons. The number of carbonyl (C=O) groups is 4. The van der Waals surface area contributed by atoms with E-state index >= 15 is 0 Å². The molecule has 34 heavy (non-hydrogen) atoms. The maximum absolute atomic E-state index is 13.0. The number of Topliss-reactive ketones (excluding diaryl/α,β-unsaturated/α-hetero) is 1. The number of carboxylic acid groups (broad SMARTS) is 1. The Morgan fingerprint density at radius 1 is 1.06 bits per heavy atom. The summed E-state index contributed by atoms with van der Waals surface area (Å²) in [4.78, 5) is 55.1. The standard InChI is InChI=1S/C24H26FN3O5S/c25-19-6-4-16(5-7-19)14-34-15-21(29)20(11-22(30)31)27-23(32)17-10-18(13-26-12-17)24(33)28-8-2-1-3-9-28/h4-7,10,12-13,20H,1-3,8-9,11,14-15H2,(H,27,32)(H,30,31)/t20-/m0/s1. The van der Waals surface area contributed by atoms with Crippen LogP contribution in [0.3, 0.4) is 0 Å². The number of benzene rings is 1. The zero-order chi connectivity index (χ0) is 24.5. The topological polar surface area (TPSA) is 117 Å². The van der Waals surface area contributed by atoms with Gasteiger partial charge in [0.05, 0.1) is 29.3 Å². The predicted octanol–water partition coefficient (Wildman–Crippen LogP) is 2.92. The second-order valence-electron chi connectivity index (χ2n) is 8.02. The summed E-state index contributed by atoms with van der Waals surface area (Å²) in [6, 6.07) is 6.03. The number of nitrogens with zero attached hydrogens (tertiary/aromatic N) is 2. The number of likely N-dealkylation sites (tertiary alicyclic amines) is 1. The van der Waals surface area contributed by atoms with Crippen molar-refractivity contribution in [2.24, 2.45) is 0 Å². The van der Waals surface area contributed by atoms with Crippen LogP contribution in [0.5, 0.6) is 0 Å². The molecule has 8 nitrogen and oxygen atoms in total. The van der Waals surface area contributed by atoms with E-state index in [2.05, 4.69) is 10.3 Å². The minimum absolute atomic E-state index is 0.0264. The molecular weight excluding hydrogens is 461 g/mol. The molecule has 3 rings (SSSR count). The van der Waals surface area contributed by atoms with E-state index in [1.54, 1.807) is 17.0 Å². The molecule has 0 bridgehead atoms. The number of thioether (sulfide) groups is 1. The van der Waals surface area contributed by atoms with Gasteiger partial charge in [-0.15, -0.1) is 11.8 Å². The van der Waals surface area contributed by atoms with Gasteiger partial charge in [-0.2, -0.15) is 0 Å². The molecule has 1 saturated heterocycles. The molecule has 1 fully saturated rings. The van der Waals surface area contributed by atoms with Crippen molar-refractivity contribution in [3.8, 4) is 0 Å². The maximum Gasteiger partial charge on any atom is 0.305 e. The van der Waals surface area contributed by atoms with Crippen LogP contribution in [0.1, 0.15) is 52.0 Å². The largest absolute Gasteiger partial charge is 0.481 e. The highest BCUT2D eigenvalue weighted by Gasteiger charge is 2.25. The van der Waals surface area contributed by atoms with Crippen molar-refractivity contribution >= 4 is 35.3 Å². The predicted molar refractivity (Wildman–Crippen MR) is 125 cm³/mol. The van der Waals surface area contributed by atoms with Gasteiger partial charge in [0.25, 0.3) is 11.8 Å². The zero-order valence-corrected chi connectivity index (χ0v) is 19.4. The van der Waals surface area contributed by atoms with E-state index in [0.717, 1.165) is 24.8 Å². The van der Waals surface area contributed by atoms with Crippen molar-refractivity contribution in [3.63, 3.8) is 0 Å². The zero-order valence-electron chi connectivity index (χ0n) is 18.5. The van der Waals surface area contributed by atoms with Crippen molar-refractivity contribution in [1.82, 2.24) is 15.2 Å². The lowest BCUT2D eigenvalue weighted by atomic mass is 10.1. The van der Waals surface area contributed by atoms with Crippen LogP contribution in [-0.4, -0.2) is 63.4 Å². The number of halogens is 1. The highest BCUT2D eigenvalue weighted by Crippen LogP contribution is 2.16. The molecule has 0 aliphatic carbocycles. The second kappa shape index (κ2) is 12.3. The van der Waals surface area contributed by atoms with Crippen molar-refractivity contribution < 1.29 is 28.7 Å². The number of piperidine rings is 1. The van der Waals surface area contributed by atoms with E-state index in [9.17, 15) is 28.7 Å². The van der Waals surface area contributed by atoms with Gasteiger partial charge in [0.15, 0.2) is 5.78 Å². The molecule has 1 aliphatic rings. The van der Waals surface area contributed by atoms with Gasteiger partial charge in [-0.05, 0) is 43.0 Å². The first-order valence-corrected chi connectivity index (χ1v) is 12.1. The van der Waals surface area contributed by atoms with Crippen molar-refractivity contribution in [2.75, 3.05) is 18.8 Å². The van der Waals surface area contributed by atoms with E-state index in [1.165, 1.54) is 42.4 Å². The number of ketones is 1. The van der Waals surface area contributed by atoms with Crippen molar-refractivity contribution in [3.05, 3.63) is 65.2 Å². The molecule has 0 radical (unpaired) electrons. The second-order valence-corrected chi connectivity index (χ2v) is 9.01. The fourth-order valence-electron chi connectivity index (χ4n) is 3.57. The van der Waals surface area contributed by atoms with Crippen LogP contribution >= 0.6 is 11.8 Å². The summed E-state index contributed by atoms with van der Waals surface area (Å²) >= 11 is 1.24. The average molecular weight is 488 g/mol. The number of rotatable bonds is 10. The van der Waals surface area contributed by atoms with E-state index in [4.69, 9.17) is 0 Å². The smallest absolute Gasteiger partial charge is 0.305 e. The number of aromatic nitrogens is 1. The lowest BCUT2D eigenvalue weighted by molar-refractivity contribution is -0.139. The third-order valence-electron chi connectivity index (χ3n) is 5.39. The van der Waals surface area contributed by atoms with Gasteiger partial charge < -0.3 is 15.3 Å². The van der Waals surface area contributed by atoms with Crippen LogP contribution in [0.15, 0.2) is 42.7 Å². The quantitative estimate of drug-likeness (QED) is 0.529. The summed E-state index contributed by atoms with van der Waals surface area (Å²) in [5, 5.41) is 11.7. The average Bonchev–Trinajstić information content (AvgIpc) is 2.84. The molecule has 2 amide bonds. The van der Waals surface area contributed by atoms with Crippen LogP contribution in [0.4, 0.5) is 4.39 Å². The number of hydrogen-bond acceptors (Lipinski definition) is 6. The molecule has 2 heterocycles. The third-order valence-corrected chi connectivity index (χ3v) is 6.42. The Balaban J connectivity index is 1.61. The van der Waals surface area contributed by atoms with Gasteiger partial charge in [0.2, 0.25) is 0 Å². The number of carbonyl (C=O) groups excluding carboxylic acids is 3. The first-order chi connectivity index (χ1) is 16.3. The van der Waals surface area contributed by atoms with Gasteiger partial charge in [0.1, 0.15) is 5.82 Å². The van der Waals surface area contributed by atoms with Crippen molar-refractivity contribution in [1.29, 1.82) is 0 Å². The Hall–Kier alpha value is -3.27. The SMILES string of the molecule is O=C(O)C[C@H](NC(=O)c1cncc(C(=O)N2CCCCC2)c1)C(=O)CSCc1ccc(F)cc1. The van der Waals surface area contributed by atoms with Gasteiger partial charge >= 0.3 is 5.97 Å². The highest BCUT2D eigenvalue weighted by molar-refractivity contribution is 7.99. The normalized spacial score (nSPS) is 14.3. The molecule has 0 spiro atoms. The first-order valence-electron chi connectivity index (χ1n) is 11.0. The van der Waals surface area contributed by atoms with Crippen molar-refractivity contribution in [2.45, 2.75) is 37.5 Å². The number of amides is 2. The fraction of sp³-hybridized carbons (Fsp3) is 0.375. The molecule has 0 saturated carbocycles. The molecule has 2 aromatic rings. The van der Waals surface area contributed by atoms with E-state index in [-0.39, 0.29) is 28.6 Å². The molecule has 1 aliphatic heterocycles. The minimum Gasteiger partial charge on any atom is -0.481 e. The van der Waals surface area contributed by atoms with Gasteiger partial charge in [-0.3, -0.25) is 24.2 Å². The summed E-state index contributed by atoms with van der Waals surface area (Å²) in [7, 11) is 0. The molecular formula is C24H26FN3O5S. The monoisotopic (exact) mass is 487 g/mol. The Labute approximate surface area is 200 Å². The van der Waals surface area contributed by atoms with Gasteiger partial charge in [-0.25, -0.2) is 4.39 Å². The Bertz CT molecular complexity index is 1040. The number of pyridine rings is 1. The maximum atomic E-state index is 13.0. The summed E-state index contributed by atoms with van der Waals surface area (Å²) in [5.41, 5.74) is 1.16. The Kier molecular flexibility index (Phi) is 9.15. The lowest BCUT2D eigenvalue weighted by Gasteiger charge is -2.26. The van der Waals surface area contributed by atoms with Crippen LogP contribution in [0.25, 0.3) is 0 Å². The first kappa shape index (κ1) is 25.4. The Morgan fingerprint density at radius 3 is 2.41 bits per heavy atom. The lowest BCUT2D eigenvalue weighted by Crippen LogP contribution is -2.43. The molecule has 0 unspecified atom stereocenters. The number of nitrogens with one attached hydrogen (secondary N) is 1. The summed E-state index contributed by atoms with van der Waals surface area (Å²) < 4.78 is 13.0. The number of aliphatic carboxylic acids is 1. The number of hydrogen-bond donors (Lipinski definition) is 2. The molecule has 1 aromatic heterocycles. The van der Waals surface area contributed by atoms with E-state index < -0.39 is 30.1 Å². The summed E-state index contributed by atoms with van der Waals surface area (Å²) in [6.07, 6.45) is 5.02. The highest BCUT2D eigenvalue weighted by atomic mass is 32.2. The van der Waals surface area contributed by atoms with E-state index in [0.29, 0.717) is 18.8 Å².